The zero-order valence-electron chi connectivity index (χ0n) is 7.38. The molecule has 0 spiro atoms. The van der Waals surface area contributed by atoms with Crippen LogP contribution in [0.5, 0.6) is 5.75 Å². The normalized spacial score (nSPS) is 11.2. The zero-order chi connectivity index (χ0) is 10.8. The van der Waals surface area contributed by atoms with Crippen LogP contribution in [-0.4, -0.2) is 13.4 Å². The third-order valence-corrected chi connectivity index (χ3v) is 1.62. The van der Waals surface area contributed by atoms with Crippen LogP contribution in [-0.2, 0) is 0 Å². The molecule has 0 bridgehead atoms. The fourth-order valence-corrected chi connectivity index (χ4v) is 0.889. The van der Waals surface area contributed by atoms with Crippen molar-refractivity contribution in [2.24, 2.45) is 5.84 Å². The van der Waals surface area contributed by atoms with Crippen LogP contribution in [0.1, 0.15) is 0 Å². The predicted molar refractivity (Wildman–Crippen MR) is 45.7 cm³/mol. The molecule has 6 heteroatoms. The number of nitrogens with two attached hydrogens (primary N) is 1. The highest BCUT2D eigenvalue weighted by atomic mass is 19.4. The Balaban J connectivity index is 2.87. The van der Waals surface area contributed by atoms with Crippen molar-refractivity contribution in [3.8, 4) is 5.75 Å². The van der Waals surface area contributed by atoms with Gasteiger partial charge in [0.25, 0.3) is 0 Å². The fourth-order valence-electron chi connectivity index (χ4n) is 0.889. The van der Waals surface area contributed by atoms with E-state index in [1.54, 1.807) is 0 Å². The number of hydrazine groups is 1. The van der Waals surface area contributed by atoms with Crippen LogP contribution < -0.4 is 15.6 Å². The molecule has 0 amide bonds. The van der Waals surface area contributed by atoms with E-state index in [0.29, 0.717) is 5.75 Å². The van der Waals surface area contributed by atoms with Gasteiger partial charge in [-0.1, -0.05) is 0 Å². The second-order valence-corrected chi connectivity index (χ2v) is 2.54. The van der Waals surface area contributed by atoms with Crippen LogP contribution in [0.3, 0.4) is 0 Å². The largest absolute Gasteiger partial charge is 0.498 e. The molecule has 1 aromatic carbocycles. The van der Waals surface area contributed by atoms with Crippen molar-refractivity contribution < 1.29 is 17.9 Å². The molecule has 14 heavy (non-hydrogen) atoms. The summed E-state index contributed by atoms with van der Waals surface area (Å²) in [7, 11) is 1.43. The summed E-state index contributed by atoms with van der Waals surface area (Å²) in [6, 6.07) is 5.26. The lowest BCUT2D eigenvalue weighted by Gasteiger charge is -2.21. The number of nitrogens with zero attached hydrogens (tertiary/aromatic N) is 1. The van der Waals surface area contributed by atoms with Gasteiger partial charge in [-0.15, -0.1) is 13.2 Å². The minimum atomic E-state index is -4.57. The molecule has 2 N–H and O–H groups in total. The lowest BCUT2D eigenvalue weighted by molar-refractivity contribution is -0.129. The quantitative estimate of drug-likeness (QED) is 0.456. The SMILES string of the molecule is COc1ccc(N(N)C(F)(F)F)cc1. The second-order valence-electron chi connectivity index (χ2n) is 2.54. The third-order valence-electron chi connectivity index (χ3n) is 1.62. The Hall–Kier alpha value is -1.43. The highest BCUT2D eigenvalue weighted by molar-refractivity contribution is 5.48. The standard InChI is InChI=1S/C8H9F3N2O/c1-14-7-4-2-6(3-5-7)13(12)8(9,10)11/h2-5H,12H2,1H3. The van der Waals surface area contributed by atoms with Gasteiger partial charge in [-0.25, -0.2) is 10.9 Å². The van der Waals surface area contributed by atoms with E-state index >= 15 is 0 Å². The van der Waals surface area contributed by atoms with Gasteiger partial charge in [0.15, 0.2) is 0 Å². The average molecular weight is 206 g/mol. The summed E-state index contributed by atoms with van der Waals surface area (Å²) in [5.74, 6) is 5.31. The van der Waals surface area contributed by atoms with E-state index in [2.05, 4.69) is 0 Å². The molecule has 0 heterocycles. The molecule has 1 rings (SSSR count). The van der Waals surface area contributed by atoms with E-state index < -0.39 is 6.30 Å². The van der Waals surface area contributed by atoms with Crippen molar-refractivity contribution in [3.05, 3.63) is 24.3 Å². The molecule has 0 aromatic heterocycles. The highest BCUT2D eigenvalue weighted by Crippen LogP contribution is 2.26. The number of alkyl halides is 3. The summed E-state index contributed by atoms with van der Waals surface area (Å²) in [5, 5.41) is -0.257. The first kappa shape index (κ1) is 10.6. The Morgan fingerprint density at radius 2 is 1.71 bits per heavy atom. The number of halogens is 3. The number of methoxy groups -OCH3 is 1. The number of anilines is 1. The molecular formula is C8H9F3N2O. The number of hydrogen-bond donors (Lipinski definition) is 1. The van der Waals surface area contributed by atoms with Crippen molar-refractivity contribution in [1.29, 1.82) is 0 Å². The van der Waals surface area contributed by atoms with Gasteiger partial charge in [0.05, 0.1) is 12.8 Å². The summed E-state index contributed by atoms with van der Waals surface area (Å²) in [6.07, 6.45) is -4.57. The average Bonchev–Trinajstić information content (AvgIpc) is 2.15. The topological polar surface area (TPSA) is 38.5 Å². The first-order valence-electron chi connectivity index (χ1n) is 3.71. The number of ether oxygens (including phenoxy) is 1. The van der Waals surface area contributed by atoms with E-state index in [4.69, 9.17) is 10.6 Å². The fraction of sp³-hybridized carbons (Fsp3) is 0.250. The number of hydrogen-bond acceptors (Lipinski definition) is 3. The minimum absolute atomic E-state index is 0.140. The predicted octanol–water partition coefficient (Wildman–Crippen LogP) is 1.90. The first-order valence-corrected chi connectivity index (χ1v) is 3.71. The van der Waals surface area contributed by atoms with Crippen LogP contribution >= 0.6 is 0 Å². The van der Waals surface area contributed by atoms with Gasteiger partial charge in [-0.2, -0.15) is 0 Å². The zero-order valence-corrected chi connectivity index (χ0v) is 7.38. The molecule has 0 aliphatic heterocycles. The van der Waals surface area contributed by atoms with Crippen LogP contribution in [0.25, 0.3) is 0 Å². The molecule has 0 unspecified atom stereocenters. The molecule has 0 aliphatic rings. The molecule has 0 aliphatic carbocycles. The lowest BCUT2D eigenvalue weighted by atomic mass is 10.3. The van der Waals surface area contributed by atoms with Crippen molar-refractivity contribution in [2.45, 2.75) is 6.30 Å². The highest BCUT2D eigenvalue weighted by Gasteiger charge is 2.35. The minimum Gasteiger partial charge on any atom is -0.497 e. The molecule has 0 saturated carbocycles. The van der Waals surface area contributed by atoms with Crippen molar-refractivity contribution >= 4 is 5.69 Å². The molecule has 78 valence electrons. The van der Waals surface area contributed by atoms with Crippen LogP contribution in [0.4, 0.5) is 18.9 Å². The summed E-state index contributed by atoms with van der Waals surface area (Å²) in [5.41, 5.74) is -0.140. The van der Waals surface area contributed by atoms with Crippen molar-refractivity contribution in [2.75, 3.05) is 12.1 Å². The van der Waals surface area contributed by atoms with Crippen molar-refractivity contribution in [3.63, 3.8) is 0 Å². The molecular weight excluding hydrogens is 197 g/mol. The molecule has 0 fully saturated rings. The third kappa shape index (κ3) is 2.29. The van der Waals surface area contributed by atoms with Gasteiger partial charge in [0.1, 0.15) is 5.75 Å². The monoisotopic (exact) mass is 206 g/mol. The maximum absolute atomic E-state index is 12.1. The first-order chi connectivity index (χ1) is 6.45. The Bertz CT molecular complexity index is 296. The maximum Gasteiger partial charge on any atom is 0.498 e. The van der Waals surface area contributed by atoms with Crippen LogP contribution in [0, 0.1) is 0 Å². The van der Waals surface area contributed by atoms with Gasteiger partial charge >= 0.3 is 6.30 Å². The van der Waals surface area contributed by atoms with Gasteiger partial charge < -0.3 is 4.74 Å². The Morgan fingerprint density at radius 3 is 2.07 bits per heavy atom. The summed E-state index contributed by atoms with van der Waals surface area (Å²) >= 11 is 0. The van der Waals surface area contributed by atoms with E-state index in [9.17, 15) is 13.2 Å². The smallest absolute Gasteiger partial charge is 0.497 e. The molecule has 0 atom stereocenters. The van der Waals surface area contributed by atoms with Gasteiger partial charge in [0.2, 0.25) is 0 Å². The van der Waals surface area contributed by atoms with Gasteiger partial charge in [0, 0.05) is 0 Å². The molecule has 0 radical (unpaired) electrons. The van der Waals surface area contributed by atoms with E-state index in [0.717, 1.165) is 0 Å². The molecule has 1 aromatic rings. The maximum atomic E-state index is 12.1. The van der Waals surface area contributed by atoms with Gasteiger partial charge in [-0.3, -0.25) is 0 Å². The Kier molecular flexibility index (Phi) is 2.85. The molecule has 0 saturated heterocycles. The van der Waals surface area contributed by atoms with Gasteiger partial charge in [-0.05, 0) is 24.3 Å². The van der Waals surface area contributed by atoms with E-state index in [-0.39, 0.29) is 10.7 Å². The van der Waals surface area contributed by atoms with Crippen LogP contribution in [0.15, 0.2) is 24.3 Å². The Labute approximate surface area is 78.8 Å². The van der Waals surface area contributed by atoms with E-state index in [1.807, 2.05) is 0 Å². The number of benzene rings is 1. The van der Waals surface area contributed by atoms with Crippen LogP contribution in [0.2, 0.25) is 0 Å². The summed E-state index contributed by atoms with van der Waals surface area (Å²) in [6.45, 7) is 0. The summed E-state index contributed by atoms with van der Waals surface area (Å²) < 4.78 is 41.1. The Morgan fingerprint density at radius 1 is 1.21 bits per heavy atom. The second kappa shape index (κ2) is 3.75. The molecule has 3 nitrogen and oxygen atoms in total. The number of rotatable bonds is 2. The summed E-state index contributed by atoms with van der Waals surface area (Å²) in [4.78, 5) is 0. The lowest BCUT2D eigenvalue weighted by Crippen LogP contribution is -2.43. The van der Waals surface area contributed by atoms with E-state index in [1.165, 1.54) is 31.4 Å². The van der Waals surface area contributed by atoms with Crippen molar-refractivity contribution in [1.82, 2.24) is 0 Å².